The number of halogens is 1. The minimum absolute atomic E-state index is 0.150. The number of pyridine rings is 1. The van der Waals surface area contributed by atoms with E-state index in [1.807, 2.05) is 18.2 Å². The minimum Gasteiger partial charge on any atom is -0.352 e. The monoisotopic (exact) mass is 541 g/mol. The number of aryl methyl sites for hydroxylation is 3. The van der Waals surface area contributed by atoms with Crippen molar-refractivity contribution in [2.24, 2.45) is 0 Å². The fourth-order valence-corrected chi connectivity index (χ4v) is 5.90. The molecular weight excluding hydrogens is 509 g/mol. The molecule has 3 heterocycles. The predicted octanol–water partition coefficient (Wildman–Crippen LogP) is 6.25. The van der Waals surface area contributed by atoms with E-state index in [2.05, 4.69) is 77.0 Å². The molecule has 2 N–H and O–H groups in total. The molecule has 2 aromatic heterocycles. The highest BCUT2D eigenvalue weighted by Gasteiger charge is 2.41. The summed E-state index contributed by atoms with van der Waals surface area (Å²) in [6.45, 7) is 8.88. The van der Waals surface area contributed by atoms with Crippen LogP contribution in [-0.2, 0) is 4.79 Å². The van der Waals surface area contributed by atoms with Crippen molar-refractivity contribution in [3.05, 3.63) is 113 Å². The lowest BCUT2D eigenvalue weighted by Gasteiger charge is -2.28. The van der Waals surface area contributed by atoms with E-state index in [-0.39, 0.29) is 30.1 Å². The number of anilines is 1. The molecule has 1 fully saturated rings. The van der Waals surface area contributed by atoms with Gasteiger partial charge in [0, 0.05) is 30.6 Å². The van der Waals surface area contributed by atoms with Crippen LogP contribution in [0.25, 0.3) is 5.69 Å². The number of carbonyl (C=O) groups is 1. The first-order valence-corrected chi connectivity index (χ1v) is 13.4. The third-order valence-electron chi connectivity index (χ3n) is 7.38. The first-order valence-electron chi connectivity index (χ1n) is 13.0. The summed E-state index contributed by atoms with van der Waals surface area (Å²) in [6.07, 6.45) is 1.93. The Labute approximate surface area is 233 Å². The number of para-hydroxylation sites is 2. The van der Waals surface area contributed by atoms with Gasteiger partial charge in [-0.2, -0.15) is 0 Å². The third kappa shape index (κ3) is 5.16. The Balaban J connectivity index is 1.50. The van der Waals surface area contributed by atoms with Crippen LogP contribution in [0.1, 0.15) is 52.3 Å². The fourth-order valence-electron chi connectivity index (χ4n) is 5.57. The molecule has 2 atom stereocenters. The average Bonchev–Trinajstić information content (AvgIpc) is 3.39. The number of carbonyl (C=O) groups excluding carboxylic acids is 1. The van der Waals surface area contributed by atoms with Crippen molar-refractivity contribution in [3.63, 3.8) is 0 Å². The van der Waals surface area contributed by atoms with E-state index in [4.69, 9.17) is 12.2 Å². The molecule has 1 aliphatic rings. The number of benzene rings is 2. The summed E-state index contributed by atoms with van der Waals surface area (Å²) in [7, 11) is 0. The van der Waals surface area contributed by atoms with Crippen LogP contribution in [0, 0.1) is 33.5 Å². The van der Waals surface area contributed by atoms with E-state index in [1.165, 1.54) is 22.9 Å². The molecule has 8 heteroatoms. The second kappa shape index (κ2) is 11.0. The van der Waals surface area contributed by atoms with E-state index < -0.39 is 5.82 Å². The molecule has 0 saturated carbocycles. The lowest BCUT2D eigenvalue weighted by Crippen LogP contribution is -2.33. The molecule has 6 nitrogen and oxygen atoms in total. The molecule has 0 radical (unpaired) electrons. The summed E-state index contributed by atoms with van der Waals surface area (Å²) in [5.41, 5.74) is 7.98. The van der Waals surface area contributed by atoms with Crippen LogP contribution in [0.4, 0.5) is 10.1 Å². The van der Waals surface area contributed by atoms with Crippen molar-refractivity contribution in [1.29, 1.82) is 0 Å². The molecule has 1 aliphatic heterocycles. The van der Waals surface area contributed by atoms with Crippen molar-refractivity contribution in [3.8, 4) is 5.69 Å². The van der Waals surface area contributed by atoms with Gasteiger partial charge in [0.2, 0.25) is 5.91 Å². The second-order valence-electron chi connectivity index (χ2n) is 10.0. The van der Waals surface area contributed by atoms with Gasteiger partial charge in [-0.25, -0.2) is 4.39 Å². The minimum atomic E-state index is -0.462. The largest absolute Gasteiger partial charge is 0.352 e. The quantitative estimate of drug-likeness (QED) is 0.271. The lowest BCUT2D eigenvalue weighted by molar-refractivity contribution is -0.116. The number of aromatic nitrogens is 2. The van der Waals surface area contributed by atoms with Crippen LogP contribution in [0.5, 0.6) is 0 Å². The molecule has 39 heavy (non-hydrogen) atoms. The normalized spacial score (nSPS) is 16.8. The molecule has 2 aromatic carbocycles. The molecule has 4 aromatic rings. The van der Waals surface area contributed by atoms with Gasteiger partial charge in [0.25, 0.3) is 0 Å². The zero-order valence-electron chi connectivity index (χ0n) is 22.5. The standard InChI is InChI=1S/C31H32FN5OS/c1-19-10-9-11-20(2)29(19)37-21(3)18-23(22(37)4)30-28(26-14-7-8-16-33-26)35-31(39)36(30)17-15-27(38)34-25-13-6-5-12-24(25)32/h5-14,16,18,28,30H,15,17H2,1-4H3,(H,34,38)(H,35,39). The maximum atomic E-state index is 14.1. The number of amides is 1. The van der Waals surface area contributed by atoms with Gasteiger partial charge in [-0.15, -0.1) is 0 Å². The van der Waals surface area contributed by atoms with E-state index in [0.29, 0.717) is 11.7 Å². The second-order valence-corrected chi connectivity index (χ2v) is 10.4. The van der Waals surface area contributed by atoms with E-state index in [0.717, 1.165) is 22.6 Å². The Kier molecular flexibility index (Phi) is 7.48. The highest BCUT2D eigenvalue weighted by atomic mass is 32.1. The van der Waals surface area contributed by atoms with Crippen LogP contribution in [-0.4, -0.2) is 32.0 Å². The van der Waals surface area contributed by atoms with Gasteiger partial charge in [0.1, 0.15) is 5.82 Å². The maximum absolute atomic E-state index is 14.1. The van der Waals surface area contributed by atoms with Crippen molar-refractivity contribution in [2.75, 3.05) is 11.9 Å². The Bertz CT molecular complexity index is 1510. The molecule has 2 unspecified atom stereocenters. The van der Waals surface area contributed by atoms with E-state index in [1.54, 1.807) is 24.4 Å². The molecule has 0 spiro atoms. The van der Waals surface area contributed by atoms with E-state index >= 15 is 0 Å². The van der Waals surface area contributed by atoms with Crippen molar-refractivity contribution >= 4 is 28.9 Å². The van der Waals surface area contributed by atoms with Gasteiger partial charge in [0.15, 0.2) is 5.11 Å². The molecule has 200 valence electrons. The summed E-state index contributed by atoms with van der Waals surface area (Å²) in [6, 6.07) is 20.2. The number of hydrogen-bond donors (Lipinski definition) is 2. The van der Waals surface area contributed by atoms with Gasteiger partial charge in [-0.05, 0) is 86.9 Å². The van der Waals surface area contributed by atoms with Crippen LogP contribution < -0.4 is 10.6 Å². The highest BCUT2D eigenvalue weighted by molar-refractivity contribution is 7.80. The molecule has 1 amide bonds. The average molecular weight is 542 g/mol. The number of rotatable bonds is 7. The zero-order chi connectivity index (χ0) is 27.7. The van der Waals surface area contributed by atoms with Crippen molar-refractivity contribution in [2.45, 2.75) is 46.2 Å². The zero-order valence-corrected chi connectivity index (χ0v) is 23.3. The Morgan fingerprint density at radius 2 is 1.74 bits per heavy atom. The van der Waals surface area contributed by atoms with Gasteiger partial charge in [0.05, 0.1) is 29.2 Å². The van der Waals surface area contributed by atoms with Crippen LogP contribution in [0.3, 0.4) is 0 Å². The Morgan fingerprint density at radius 1 is 1.03 bits per heavy atom. The molecule has 1 saturated heterocycles. The molecular formula is C31H32FN5OS. The maximum Gasteiger partial charge on any atom is 0.226 e. The predicted molar refractivity (Wildman–Crippen MR) is 157 cm³/mol. The first-order chi connectivity index (χ1) is 18.8. The number of nitrogens with one attached hydrogen (secondary N) is 2. The van der Waals surface area contributed by atoms with Gasteiger partial charge >= 0.3 is 0 Å². The summed E-state index contributed by atoms with van der Waals surface area (Å²) in [5, 5.41) is 6.71. The van der Waals surface area contributed by atoms with Crippen LogP contribution >= 0.6 is 12.2 Å². The fraction of sp³-hybridized carbons (Fsp3) is 0.258. The molecule has 0 aliphatic carbocycles. The van der Waals surface area contributed by atoms with Gasteiger partial charge in [-0.1, -0.05) is 36.4 Å². The first kappa shape index (κ1) is 26.6. The Hall–Kier alpha value is -4.04. The Morgan fingerprint density at radius 3 is 2.44 bits per heavy atom. The summed E-state index contributed by atoms with van der Waals surface area (Å²) >= 11 is 5.80. The summed E-state index contributed by atoms with van der Waals surface area (Å²) in [4.78, 5) is 19.5. The highest BCUT2D eigenvalue weighted by Crippen LogP contribution is 2.42. The molecule has 0 bridgehead atoms. The number of hydrogen-bond acceptors (Lipinski definition) is 3. The van der Waals surface area contributed by atoms with Gasteiger partial charge < -0.3 is 20.1 Å². The summed E-state index contributed by atoms with van der Waals surface area (Å²) < 4.78 is 16.4. The number of thiocarbonyl (C=S) groups is 1. The third-order valence-corrected chi connectivity index (χ3v) is 7.73. The lowest BCUT2D eigenvalue weighted by atomic mass is 9.96. The molecule has 5 rings (SSSR count). The SMILES string of the molecule is Cc1cccc(C)c1-n1c(C)cc(C2C(c3ccccn3)NC(=S)N2CCC(=O)Nc2ccccc2F)c1C. The van der Waals surface area contributed by atoms with Crippen molar-refractivity contribution in [1.82, 2.24) is 19.8 Å². The van der Waals surface area contributed by atoms with Gasteiger partial charge in [-0.3, -0.25) is 9.78 Å². The number of nitrogens with zero attached hydrogens (tertiary/aromatic N) is 3. The topological polar surface area (TPSA) is 62.2 Å². The van der Waals surface area contributed by atoms with Crippen LogP contribution in [0.2, 0.25) is 0 Å². The van der Waals surface area contributed by atoms with Crippen molar-refractivity contribution < 1.29 is 9.18 Å². The summed E-state index contributed by atoms with van der Waals surface area (Å²) in [5.74, 6) is -0.736. The van der Waals surface area contributed by atoms with Crippen LogP contribution in [0.15, 0.2) is 72.9 Å². The van der Waals surface area contributed by atoms with E-state index in [9.17, 15) is 9.18 Å². The smallest absolute Gasteiger partial charge is 0.226 e.